The van der Waals surface area contributed by atoms with E-state index in [1.807, 2.05) is 71.1 Å². The van der Waals surface area contributed by atoms with Crippen LogP contribution in [0.4, 0.5) is 0 Å². The summed E-state index contributed by atoms with van der Waals surface area (Å²) < 4.78 is 1.94. The summed E-state index contributed by atoms with van der Waals surface area (Å²) in [5, 5.41) is 9.80. The Morgan fingerprint density at radius 1 is 1.00 bits per heavy atom. The number of likely N-dealkylation sites (tertiary alicyclic amines) is 1. The zero-order chi connectivity index (χ0) is 20.2. The van der Waals surface area contributed by atoms with Crippen molar-refractivity contribution in [3.8, 4) is 11.4 Å². The van der Waals surface area contributed by atoms with Crippen LogP contribution in [0.2, 0.25) is 5.02 Å². The molecule has 0 saturated carbocycles. The number of nitrogens with zero attached hydrogens (tertiary/aromatic N) is 4. The second kappa shape index (κ2) is 9.01. The van der Waals surface area contributed by atoms with Crippen molar-refractivity contribution in [1.29, 1.82) is 0 Å². The minimum Gasteiger partial charge on any atom is -0.341 e. The lowest BCUT2D eigenvalue weighted by molar-refractivity contribution is -0.131. The van der Waals surface area contributed by atoms with Gasteiger partial charge in [0.25, 0.3) is 0 Å². The van der Waals surface area contributed by atoms with E-state index in [1.54, 1.807) is 0 Å². The quantitative estimate of drug-likeness (QED) is 0.540. The first kappa shape index (κ1) is 20.0. The first-order valence-corrected chi connectivity index (χ1v) is 11.0. The summed E-state index contributed by atoms with van der Waals surface area (Å²) in [7, 11) is 1.93. The van der Waals surface area contributed by atoms with Crippen molar-refractivity contribution in [1.82, 2.24) is 19.7 Å². The monoisotopic (exact) mass is 426 g/mol. The molecule has 2 aromatic carbocycles. The summed E-state index contributed by atoms with van der Waals surface area (Å²) in [5.41, 5.74) is 1.93. The Bertz CT molecular complexity index is 968. The number of piperidine rings is 1. The van der Waals surface area contributed by atoms with Gasteiger partial charge in [-0.05, 0) is 49.1 Å². The second-order valence-corrected chi connectivity index (χ2v) is 8.68. The average Bonchev–Trinajstić information content (AvgIpc) is 3.13. The van der Waals surface area contributed by atoms with Crippen LogP contribution in [0.25, 0.3) is 11.4 Å². The molecule has 0 unspecified atom stereocenters. The van der Waals surface area contributed by atoms with Gasteiger partial charge in [0.1, 0.15) is 5.25 Å². The van der Waals surface area contributed by atoms with Gasteiger partial charge < -0.3 is 9.47 Å². The lowest BCUT2D eigenvalue weighted by atomic mass is 10.1. The molecule has 1 saturated heterocycles. The number of thioether (sulfide) groups is 1. The van der Waals surface area contributed by atoms with Gasteiger partial charge in [0, 0.05) is 30.7 Å². The van der Waals surface area contributed by atoms with E-state index < -0.39 is 0 Å². The molecule has 1 aromatic heterocycles. The zero-order valence-electron chi connectivity index (χ0n) is 16.3. The van der Waals surface area contributed by atoms with Gasteiger partial charge in [0.2, 0.25) is 5.91 Å². The number of rotatable bonds is 5. The molecule has 3 aromatic rings. The largest absolute Gasteiger partial charge is 0.341 e. The standard InChI is InChI=1S/C22H23ClN4OS/c1-26-20(17-10-12-18(23)13-11-17)24-25-22(26)29-19(16-8-4-2-5-9-16)21(28)27-14-6-3-7-15-27/h2,4-5,8-13,19H,3,6-7,14-15H2,1H3/t19-/m0/s1. The van der Waals surface area contributed by atoms with Crippen LogP contribution in [0, 0.1) is 0 Å². The van der Waals surface area contributed by atoms with Crippen LogP contribution in [-0.2, 0) is 11.8 Å². The molecule has 1 aliphatic heterocycles. The summed E-state index contributed by atoms with van der Waals surface area (Å²) >= 11 is 7.46. The van der Waals surface area contributed by atoms with Crippen molar-refractivity contribution in [2.24, 2.45) is 7.05 Å². The Labute approximate surface area is 180 Å². The van der Waals surface area contributed by atoms with E-state index in [2.05, 4.69) is 10.2 Å². The summed E-state index contributed by atoms with van der Waals surface area (Å²) in [6, 6.07) is 17.5. The van der Waals surface area contributed by atoms with Gasteiger partial charge in [-0.25, -0.2) is 0 Å². The molecule has 0 radical (unpaired) electrons. The van der Waals surface area contributed by atoms with E-state index in [1.165, 1.54) is 18.2 Å². The smallest absolute Gasteiger partial charge is 0.240 e. The molecule has 1 amide bonds. The van der Waals surface area contributed by atoms with Crippen molar-refractivity contribution in [2.75, 3.05) is 13.1 Å². The number of carbonyl (C=O) groups is 1. The molecule has 150 valence electrons. The van der Waals surface area contributed by atoms with E-state index in [9.17, 15) is 4.79 Å². The van der Waals surface area contributed by atoms with E-state index in [0.717, 1.165) is 42.9 Å². The summed E-state index contributed by atoms with van der Waals surface area (Å²) in [5.74, 6) is 0.901. The summed E-state index contributed by atoms with van der Waals surface area (Å²) in [6.07, 6.45) is 3.34. The topological polar surface area (TPSA) is 51.0 Å². The van der Waals surface area contributed by atoms with Crippen LogP contribution in [0.15, 0.2) is 59.8 Å². The van der Waals surface area contributed by atoms with Gasteiger partial charge in [-0.2, -0.15) is 0 Å². The Morgan fingerprint density at radius 3 is 2.38 bits per heavy atom. The van der Waals surface area contributed by atoms with Crippen LogP contribution < -0.4 is 0 Å². The number of halogens is 1. The van der Waals surface area contributed by atoms with Crippen LogP contribution in [0.1, 0.15) is 30.1 Å². The Balaban J connectivity index is 1.62. The first-order chi connectivity index (χ1) is 14.1. The highest BCUT2D eigenvalue weighted by molar-refractivity contribution is 8.00. The molecular weight excluding hydrogens is 404 g/mol. The molecule has 1 atom stereocenters. The van der Waals surface area contributed by atoms with E-state index in [0.29, 0.717) is 10.2 Å². The highest BCUT2D eigenvalue weighted by Gasteiger charge is 2.29. The fraction of sp³-hybridized carbons (Fsp3) is 0.318. The summed E-state index contributed by atoms with van der Waals surface area (Å²) in [4.78, 5) is 15.4. The number of hydrogen-bond donors (Lipinski definition) is 0. The number of aromatic nitrogens is 3. The molecule has 7 heteroatoms. The third kappa shape index (κ3) is 4.49. The lowest BCUT2D eigenvalue weighted by Crippen LogP contribution is -2.38. The normalized spacial score (nSPS) is 15.3. The third-order valence-electron chi connectivity index (χ3n) is 5.15. The van der Waals surface area contributed by atoms with Crippen molar-refractivity contribution < 1.29 is 4.79 Å². The molecule has 0 aliphatic carbocycles. The lowest BCUT2D eigenvalue weighted by Gasteiger charge is -2.30. The molecule has 0 bridgehead atoms. The third-order valence-corrected chi connectivity index (χ3v) is 6.68. The molecular formula is C22H23ClN4OS. The number of hydrogen-bond acceptors (Lipinski definition) is 4. The van der Waals surface area contributed by atoms with E-state index in [-0.39, 0.29) is 11.2 Å². The number of amides is 1. The fourth-order valence-corrected chi connectivity index (χ4v) is 4.75. The predicted octanol–water partition coefficient (Wildman–Crippen LogP) is 4.98. The Morgan fingerprint density at radius 2 is 1.69 bits per heavy atom. The van der Waals surface area contributed by atoms with Gasteiger partial charge >= 0.3 is 0 Å². The molecule has 0 spiro atoms. The minimum atomic E-state index is -0.338. The second-order valence-electron chi connectivity index (χ2n) is 7.17. The van der Waals surface area contributed by atoms with Crippen LogP contribution in [0.3, 0.4) is 0 Å². The minimum absolute atomic E-state index is 0.150. The maximum absolute atomic E-state index is 13.4. The molecule has 5 nitrogen and oxygen atoms in total. The number of benzene rings is 2. The van der Waals surface area contributed by atoms with Crippen molar-refractivity contribution in [2.45, 2.75) is 29.7 Å². The maximum atomic E-state index is 13.4. The highest BCUT2D eigenvalue weighted by Crippen LogP contribution is 2.37. The van der Waals surface area contributed by atoms with Crippen LogP contribution in [0.5, 0.6) is 0 Å². The Hall–Kier alpha value is -2.31. The van der Waals surface area contributed by atoms with Gasteiger partial charge in [0.05, 0.1) is 0 Å². The van der Waals surface area contributed by atoms with Gasteiger partial charge in [-0.3, -0.25) is 4.79 Å². The molecule has 1 fully saturated rings. The van der Waals surface area contributed by atoms with Crippen molar-refractivity contribution >= 4 is 29.3 Å². The molecule has 4 rings (SSSR count). The predicted molar refractivity (Wildman–Crippen MR) is 117 cm³/mol. The van der Waals surface area contributed by atoms with Gasteiger partial charge in [0.15, 0.2) is 11.0 Å². The molecule has 2 heterocycles. The van der Waals surface area contributed by atoms with Crippen LogP contribution >= 0.6 is 23.4 Å². The number of carbonyl (C=O) groups excluding carboxylic acids is 1. The highest BCUT2D eigenvalue weighted by atomic mass is 35.5. The van der Waals surface area contributed by atoms with Gasteiger partial charge in [-0.1, -0.05) is 53.7 Å². The van der Waals surface area contributed by atoms with Crippen LogP contribution in [-0.4, -0.2) is 38.7 Å². The SMILES string of the molecule is Cn1c(S[C@H](C(=O)N2CCCCC2)c2ccccc2)nnc1-c1ccc(Cl)cc1. The van der Waals surface area contributed by atoms with E-state index in [4.69, 9.17) is 11.6 Å². The molecule has 1 aliphatic rings. The summed E-state index contributed by atoms with van der Waals surface area (Å²) in [6.45, 7) is 1.66. The first-order valence-electron chi connectivity index (χ1n) is 9.79. The zero-order valence-corrected chi connectivity index (χ0v) is 17.9. The van der Waals surface area contributed by atoms with Crippen molar-refractivity contribution in [3.05, 3.63) is 65.2 Å². The average molecular weight is 427 g/mol. The molecule has 0 N–H and O–H groups in total. The Kier molecular flexibility index (Phi) is 6.21. The van der Waals surface area contributed by atoms with Crippen molar-refractivity contribution in [3.63, 3.8) is 0 Å². The maximum Gasteiger partial charge on any atom is 0.240 e. The van der Waals surface area contributed by atoms with E-state index >= 15 is 0 Å². The molecule has 29 heavy (non-hydrogen) atoms. The van der Waals surface area contributed by atoms with Gasteiger partial charge in [-0.15, -0.1) is 10.2 Å². The fourth-order valence-electron chi connectivity index (χ4n) is 3.54.